The van der Waals surface area contributed by atoms with Gasteiger partial charge in [0.05, 0.1) is 12.8 Å². The van der Waals surface area contributed by atoms with E-state index >= 15 is 0 Å². The first-order chi connectivity index (χ1) is 8.38. The van der Waals surface area contributed by atoms with Crippen molar-refractivity contribution in [3.05, 3.63) is 24.6 Å². The largest absolute Gasteiger partial charge is 0.395 e. The second kappa shape index (κ2) is 9.11. The summed E-state index contributed by atoms with van der Waals surface area (Å²) in [4.78, 5) is 2.17. The minimum atomic E-state index is 0.224. The van der Waals surface area contributed by atoms with Crippen molar-refractivity contribution in [3.63, 3.8) is 0 Å². The van der Waals surface area contributed by atoms with Crippen molar-refractivity contribution in [2.24, 2.45) is 0 Å². The van der Waals surface area contributed by atoms with Crippen LogP contribution in [0.2, 0.25) is 0 Å². The van der Waals surface area contributed by atoms with E-state index in [4.69, 9.17) is 5.11 Å². The molecule has 98 valence electrons. The first kappa shape index (κ1) is 14.1. The molecule has 0 saturated carbocycles. The fourth-order valence-electron chi connectivity index (χ4n) is 2.05. The van der Waals surface area contributed by atoms with Gasteiger partial charge in [-0.2, -0.15) is 0 Å². The minimum Gasteiger partial charge on any atom is -0.395 e. The van der Waals surface area contributed by atoms with Crippen molar-refractivity contribution < 1.29 is 5.11 Å². The molecule has 1 aliphatic heterocycles. The van der Waals surface area contributed by atoms with Crippen LogP contribution >= 0.6 is 0 Å². The number of β-amino-alcohol motifs (C(OH)–C–C–N with tert-alkyl or cyclic N) is 1. The lowest BCUT2D eigenvalue weighted by Crippen LogP contribution is -2.36. The lowest BCUT2D eigenvalue weighted by molar-refractivity contribution is 0.194. The predicted octanol–water partition coefficient (Wildman–Crippen LogP) is 2.60. The Morgan fingerprint density at radius 3 is 2.88 bits per heavy atom. The quantitative estimate of drug-likeness (QED) is 0.479. The highest BCUT2D eigenvalue weighted by Gasteiger charge is 2.16. The molecule has 1 unspecified atom stereocenters. The van der Waals surface area contributed by atoms with E-state index in [9.17, 15) is 0 Å². The molecule has 0 saturated heterocycles. The highest BCUT2D eigenvalue weighted by molar-refractivity contribution is 4.94. The Bertz CT molecular complexity index is 238. The third kappa shape index (κ3) is 5.78. The van der Waals surface area contributed by atoms with E-state index in [0.717, 1.165) is 13.0 Å². The normalized spacial score (nSPS) is 19.2. The van der Waals surface area contributed by atoms with Gasteiger partial charge in [0, 0.05) is 18.9 Å². The Morgan fingerprint density at radius 2 is 2.12 bits per heavy atom. The highest BCUT2D eigenvalue weighted by atomic mass is 16.3. The van der Waals surface area contributed by atoms with E-state index in [1.165, 1.54) is 32.1 Å². The zero-order valence-corrected chi connectivity index (χ0v) is 10.9. The van der Waals surface area contributed by atoms with Gasteiger partial charge in [0.1, 0.15) is 0 Å². The molecule has 0 radical (unpaired) electrons. The Morgan fingerprint density at radius 1 is 1.29 bits per heavy atom. The van der Waals surface area contributed by atoms with Gasteiger partial charge < -0.3 is 15.3 Å². The second-order valence-electron chi connectivity index (χ2n) is 4.50. The molecule has 3 nitrogen and oxygen atoms in total. The molecule has 2 N–H and O–H groups in total. The highest BCUT2D eigenvalue weighted by Crippen LogP contribution is 2.12. The maximum absolute atomic E-state index is 8.92. The number of unbranched alkanes of at least 4 members (excludes halogenated alkanes) is 3. The number of nitrogens with one attached hydrogen (secondary N) is 1. The van der Waals surface area contributed by atoms with Gasteiger partial charge in [-0.1, -0.05) is 25.5 Å². The second-order valence-corrected chi connectivity index (χ2v) is 4.50. The molecule has 0 spiro atoms. The molecule has 1 atom stereocenters. The lowest BCUT2D eigenvalue weighted by Gasteiger charge is -2.24. The number of hydrogen-bond donors (Lipinski definition) is 2. The van der Waals surface area contributed by atoms with E-state index in [-0.39, 0.29) is 6.61 Å². The Kier molecular flexibility index (Phi) is 7.56. The average molecular weight is 238 g/mol. The van der Waals surface area contributed by atoms with Crippen LogP contribution in [0.5, 0.6) is 0 Å². The third-order valence-electron chi connectivity index (χ3n) is 3.03. The molecule has 0 bridgehead atoms. The first-order valence-electron chi connectivity index (χ1n) is 6.82. The van der Waals surface area contributed by atoms with Crippen LogP contribution in [-0.4, -0.2) is 29.3 Å². The summed E-state index contributed by atoms with van der Waals surface area (Å²) < 4.78 is 0. The fourth-order valence-corrected chi connectivity index (χ4v) is 2.05. The zero-order chi connectivity index (χ0) is 12.3. The fraction of sp³-hybridized carbons (Fsp3) is 0.714. The molecule has 17 heavy (non-hydrogen) atoms. The van der Waals surface area contributed by atoms with Gasteiger partial charge in [-0.3, -0.25) is 0 Å². The summed E-state index contributed by atoms with van der Waals surface area (Å²) in [5.74, 6) is 0. The van der Waals surface area contributed by atoms with Gasteiger partial charge in [0.15, 0.2) is 0 Å². The molecule has 1 rings (SSSR count). The summed E-state index contributed by atoms with van der Waals surface area (Å²) in [6.07, 6.45) is 16.3. The molecule has 0 aromatic carbocycles. The summed E-state index contributed by atoms with van der Waals surface area (Å²) in [7, 11) is 0. The van der Waals surface area contributed by atoms with Crippen LogP contribution in [0.4, 0.5) is 0 Å². The summed E-state index contributed by atoms with van der Waals surface area (Å²) in [6, 6.07) is 0. The van der Waals surface area contributed by atoms with Crippen LogP contribution in [0.1, 0.15) is 45.4 Å². The van der Waals surface area contributed by atoms with Crippen molar-refractivity contribution in [1.82, 2.24) is 10.2 Å². The monoisotopic (exact) mass is 238 g/mol. The van der Waals surface area contributed by atoms with Crippen molar-refractivity contribution in [2.45, 2.75) is 51.6 Å². The van der Waals surface area contributed by atoms with Gasteiger partial charge in [0.2, 0.25) is 0 Å². The van der Waals surface area contributed by atoms with Crippen LogP contribution in [0.3, 0.4) is 0 Å². The Balaban J connectivity index is 2.02. The molecule has 0 aromatic rings. The molecule has 1 aliphatic rings. The van der Waals surface area contributed by atoms with Crippen LogP contribution in [0.25, 0.3) is 0 Å². The molecule has 0 aromatic heterocycles. The lowest BCUT2D eigenvalue weighted by atomic mass is 10.1. The SMILES string of the molecule is CCC/C=C/CCCCC1NC=CN1CCO. The van der Waals surface area contributed by atoms with Crippen molar-refractivity contribution in [2.75, 3.05) is 13.2 Å². The van der Waals surface area contributed by atoms with E-state index < -0.39 is 0 Å². The standard InChI is InChI=1S/C14H26N2O/c1-2-3-4-5-6-7-8-9-14-15-10-11-16(14)12-13-17/h4-5,10-11,14-15,17H,2-3,6-9,12-13H2,1H3/b5-4+. The zero-order valence-electron chi connectivity index (χ0n) is 10.9. The topological polar surface area (TPSA) is 35.5 Å². The maximum atomic E-state index is 8.92. The van der Waals surface area contributed by atoms with Gasteiger partial charge in [0.25, 0.3) is 0 Å². The summed E-state index contributed by atoms with van der Waals surface area (Å²) in [5.41, 5.74) is 0. The molecule has 0 amide bonds. The molecular weight excluding hydrogens is 212 g/mol. The molecule has 1 heterocycles. The number of hydrogen-bond acceptors (Lipinski definition) is 3. The third-order valence-corrected chi connectivity index (χ3v) is 3.03. The van der Waals surface area contributed by atoms with Gasteiger partial charge in [-0.25, -0.2) is 0 Å². The van der Waals surface area contributed by atoms with E-state index in [0.29, 0.717) is 6.17 Å². The van der Waals surface area contributed by atoms with Crippen molar-refractivity contribution in [1.29, 1.82) is 0 Å². The average Bonchev–Trinajstić information content (AvgIpc) is 2.76. The van der Waals surface area contributed by atoms with E-state index in [2.05, 4.69) is 29.3 Å². The van der Waals surface area contributed by atoms with Crippen LogP contribution < -0.4 is 5.32 Å². The van der Waals surface area contributed by atoms with Crippen LogP contribution in [0.15, 0.2) is 24.6 Å². The first-order valence-corrected chi connectivity index (χ1v) is 6.82. The van der Waals surface area contributed by atoms with E-state index in [1.807, 2.05) is 12.4 Å². The molecule has 3 heteroatoms. The van der Waals surface area contributed by atoms with E-state index in [1.54, 1.807) is 0 Å². The Hall–Kier alpha value is -0.960. The smallest absolute Gasteiger partial charge is 0.0982 e. The van der Waals surface area contributed by atoms with Crippen molar-refractivity contribution >= 4 is 0 Å². The minimum absolute atomic E-state index is 0.224. The van der Waals surface area contributed by atoms with Gasteiger partial charge in [-0.15, -0.1) is 0 Å². The van der Waals surface area contributed by atoms with Crippen LogP contribution in [-0.2, 0) is 0 Å². The molecule has 0 aliphatic carbocycles. The number of aliphatic hydroxyl groups excluding tert-OH is 1. The number of rotatable bonds is 9. The maximum Gasteiger partial charge on any atom is 0.0982 e. The summed E-state index contributed by atoms with van der Waals surface area (Å²) in [5, 5.41) is 12.2. The van der Waals surface area contributed by atoms with Crippen molar-refractivity contribution in [3.8, 4) is 0 Å². The molecular formula is C14H26N2O. The molecule has 0 fully saturated rings. The van der Waals surface area contributed by atoms with Gasteiger partial charge in [-0.05, 0) is 32.1 Å². The summed E-state index contributed by atoms with van der Waals surface area (Å²) >= 11 is 0. The number of aliphatic hydroxyl groups is 1. The van der Waals surface area contributed by atoms with Crippen LogP contribution in [0, 0.1) is 0 Å². The summed E-state index contributed by atoms with van der Waals surface area (Å²) in [6.45, 7) is 3.16. The number of allylic oxidation sites excluding steroid dienone is 2. The number of nitrogens with zero attached hydrogens (tertiary/aromatic N) is 1. The van der Waals surface area contributed by atoms with Gasteiger partial charge >= 0.3 is 0 Å². The predicted molar refractivity (Wildman–Crippen MR) is 72.4 cm³/mol. The Labute approximate surface area is 105 Å².